The minimum atomic E-state index is 0.647. The van der Waals surface area contributed by atoms with Crippen LogP contribution in [0.25, 0.3) is 0 Å². The van der Waals surface area contributed by atoms with Gasteiger partial charge in [-0.25, -0.2) is 0 Å². The molecule has 21 heavy (non-hydrogen) atoms. The Balaban J connectivity index is 1.94. The lowest BCUT2D eigenvalue weighted by Crippen LogP contribution is -2.47. The Labute approximate surface area is 129 Å². The smallest absolute Gasteiger partial charge is 0.0382 e. The van der Waals surface area contributed by atoms with E-state index in [1.165, 1.54) is 56.3 Å². The third-order valence-corrected chi connectivity index (χ3v) is 5.48. The summed E-state index contributed by atoms with van der Waals surface area (Å²) >= 11 is 0. The number of rotatable bonds is 3. The molecule has 1 aromatic rings. The van der Waals surface area contributed by atoms with Crippen LogP contribution in [0.3, 0.4) is 0 Å². The second-order valence-corrected chi connectivity index (χ2v) is 6.93. The van der Waals surface area contributed by atoms with Crippen LogP contribution in [0, 0.1) is 19.8 Å². The summed E-state index contributed by atoms with van der Waals surface area (Å²) in [4.78, 5) is 2.77. The first-order valence-electron chi connectivity index (χ1n) is 8.78. The fourth-order valence-electron chi connectivity index (χ4n) is 4.42. The number of nitrogens with zero attached hydrogens (tertiary/aromatic N) is 1. The molecule has 0 bridgehead atoms. The highest BCUT2D eigenvalue weighted by molar-refractivity contribution is 5.37. The van der Waals surface area contributed by atoms with Gasteiger partial charge in [0.15, 0.2) is 0 Å². The van der Waals surface area contributed by atoms with Crippen molar-refractivity contribution in [3.05, 3.63) is 34.9 Å². The molecule has 1 atom stereocenters. The molecule has 0 radical (unpaired) electrons. The van der Waals surface area contributed by atoms with Crippen LogP contribution in [0.2, 0.25) is 0 Å². The molecular formula is C19H30N2. The average Bonchev–Trinajstić information content (AvgIpc) is 2.53. The fraction of sp³-hybridized carbons (Fsp3) is 0.684. The molecule has 1 saturated carbocycles. The van der Waals surface area contributed by atoms with Crippen molar-refractivity contribution in [1.82, 2.24) is 10.2 Å². The first kappa shape index (κ1) is 15.1. The summed E-state index contributed by atoms with van der Waals surface area (Å²) in [6, 6.07) is 7.47. The van der Waals surface area contributed by atoms with E-state index in [0.717, 1.165) is 19.0 Å². The van der Waals surface area contributed by atoms with Gasteiger partial charge in [-0.2, -0.15) is 0 Å². The maximum Gasteiger partial charge on any atom is 0.0382 e. The van der Waals surface area contributed by atoms with Gasteiger partial charge in [0.1, 0.15) is 0 Å². The lowest BCUT2D eigenvalue weighted by atomic mass is 9.78. The van der Waals surface area contributed by atoms with Crippen LogP contribution in [0.4, 0.5) is 0 Å². The molecule has 0 amide bonds. The Morgan fingerprint density at radius 3 is 2.24 bits per heavy atom. The second-order valence-electron chi connectivity index (χ2n) is 6.93. The van der Waals surface area contributed by atoms with Crippen LogP contribution < -0.4 is 5.32 Å². The van der Waals surface area contributed by atoms with Crippen molar-refractivity contribution in [2.24, 2.45) is 5.92 Å². The summed E-state index contributed by atoms with van der Waals surface area (Å²) < 4.78 is 0. The normalized spacial score (nSPS) is 23.1. The Morgan fingerprint density at radius 1 is 1.00 bits per heavy atom. The molecule has 0 spiro atoms. The largest absolute Gasteiger partial charge is 0.314 e. The van der Waals surface area contributed by atoms with E-state index in [-0.39, 0.29) is 0 Å². The second kappa shape index (κ2) is 6.93. The molecule has 116 valence electrons. The molecular weight excluding hydrogens is 256 g/mol. The van der Waals surface area contributed by atoms with Crippen molar-refractivity contribution >= 4 is 0 Å². The summed E-state index contributed by atoms with van der Waals surface area (Å²) in [7, 11) is 0. The molecule has 3 rings (SSSR count). The minimum Gasteiger partial charge on any atom is -0.314 e. The molecule has 1 aliphatic carbocycles. The molecule has 1 heterocycles. The Bertz CT molecular complexity index is 418. The lowest BCUT2D eigenvalue weighted by molar-refractivity contribution is 0.102. The number of aryl methyl sites for hydroxylation is 2. The minimum absolute atomic E-state index is 0.647. The van der Waals surface area contributed by atoms with Gasteiger partial charge in [0.25, 0.3) is 0 Å². The van der Waals surface area contributed by atoms with E-state index in [2.05, 4.69) is 42.3 Å². The number of hydrogen-bond donors (Lipinski definition) is 1. The Kier molecular flexibility index (Phi) is 4.97. The molecule has 2 fully saturated rings. The Hall–Kier alpha value is -0.860. The van der Waals surface area contributed by atoms with Crippen LogP contribution in [-0.4, -0.2) is 31.1 Å². The van der Waals surface area contributed by atoms with Crippen LogP contribution >= 0.6 is 0 Å². The first-order chi connectivity index (χ1) is 10.3. The molecule has 2 aliphatic rings. The number of hydrogen-bond acceptors (Lipinski definition) is 2. The third kappa shape index (κ3) is 3.32. The topological polar surface area (TPSA) is 15.3 Å². The van der Waals surface area contributed by atoms with Crippen LogP contribution in [-0.2, 0) is 0 Å². The zero-order chi connectivity index (χ0) is 14.7. The summed E-state index contributed by atoms with van der Waals surface area (Å²) in [5, 5.41) is 3.51. The van der Waals surface area contributed by atoms with Gasteiger partial charge in [0.2, 0.25) is 0 Å². The third-order valence-electron chi connectivity index (χ3n) is 5.48. The van der Waals surface area contributed by atoms with Gasteiger partial charge >= 0.3 is 0 Å². The van der Waals surface area contributed by atoms with Gasteiger partial charge in [0.05, 0.1) is 0 Å². The fourth-order valence-corrected chi connectivity index (χ4v) is 4.42. The van der Waals surface area contributed by atoms with Gasteiger partial charge in [0, 0.05) is 32.2 Å². The first-order valence-corrected chi connectivity index (χ1v) is 8.78. The van der Waals surface area contributed by atoms with Gasteiger partial charge in [-0.3, -0.25) is 4.90 Å². The summed E-state index contributed by atoms with van der Waals surface area (Å²) in [6.07, 6.45) is 7.14. The van der Waals surface area contributed by atoms with E-state index >= 15 is 0 Å². The monoisotopic (exact) mass is 286 g/mol. The highest BCUT2D eigenvalue weighted by Gasteiger charge is 2.32. The zero-order valence-corrected chi connectivity index (χ0v) is 13.7. The van der Waals surface area contributed by atoms with Gasteiger partial charge in [-0.15, -0.1) is 0 Å². The van der Waals surface area contributed by atoms with Crippen molar-refractivity contribution in [1.29, 1.82) is 0 Å². The highest BCUT2D eigenvalue weighted by Crippen LogP contribution is 2.40. The number of nitrogens with one attached hydrogen (secondary N) is 1. The summed E-state index contributed by atoms with van der Waals surface area (Å²) in [6.45, 7) is 9.31. The van der Waals surface area contributed by atoms with Crippen molar-refractivity contribution < 1.29 is 0 Å². The quantitative estimate of drug-likeness (QED) is 0.908. The number of piperazine rings is 1. The van der Waals surface area contributed by atoms with E-state index < -0.39 is 0 Å². The molecule has 0 aromatic heterocycles. The molecule has 0 unspecified atom stereocenters. The summed E-state index contributed by atoms with van der Waals surface area (Å²) in [5.41, 5.74) is 4.61. The van der Waals surface area contributed by atoms with Crippen LogP contribution in [0.15, 0.2) is 18.2 Å². The molecule has 1 aliphatic heterocycles. The van der Waals surface area contributed by atoms with Gasteiger partial charge < -0.3 is 5.32 Å². The van der Waals surface area contributed by atoms with Crippen LogP contribution in [0.1, 0.15) is 54.8 Å². The molecule has 1 N–H and O–H groups in total. The van der Waals surface area contributed by atoms with Crippen molar-refractivity contribution in [2.45, 2.75) is 52.0 Å². The SMILES string of the molecule is Cc1cccc(C)c1[C@H](C1CCCCC1)N1CCNCC1. The predicted octanol–water partition coefficient (Wildman–Crippen LogP) is 3.83. The Morgan fingerprint density at radius 2 is 1.62 bits per heavy atom. The standard InChI is InChI=1S/C19H30N2/c1-15-7-6-8-16(2)18(15)19(17-9-4-3-5-10-17)21-13-11-20-12-14-21/h6-8,17,19-20H,3-5,9-14H2,1-2H3/t19-/m0/s1. The molecule has 2 nitrogen and oxygen atoms in total. The van der Waals surface area contributed by atoms with E-state index in [9.17, 15) is 0 Å². The maximum absolute atomic E-state index is 3.51. The summed E-state index contributed by atoms with van der Waals surface area (Å²) in [5.74, 6) is 0.858. The van der Waals surface area contributed by atoms with E-state index in [4.69, 9.17) is 0 Å². The predicted molar refractivity (Wildman–Crippen MR) is 89.7 cm³/mol. The molecule has 1 aromatic carbocycles. The van der Waals surface area contributed by atoms with Gasteiger partial charge in [-0.05, 0) is 49.3 Å². The highest BCUT2D eigenvalue weighted by atomic mass is 15.2. The van der Waals surface area contributed by atoms with Gasteiger partial charge in [-0.1, -0.05) is 37.5 Å². The van der Waals surface area contributed by atoms with Crippen molar-refractivity contribution in [3.8, 4) is 0 Å². The number of benzene rings is 1. The average molecular weight is 286 g/mol. The van der Waals surface area contributed by atoms with E-state index in [1.807, 2.05) is 0 Å². The van der Waals surface area contributed by atoms with Crippen molar-refractivity contribution in [2.75, 3.05) is 26.2 Å². The molecule has 1 saturated heterocycles. The maximum atomic E-state index is 3.51. The lowest BCUT2D eigenvalue weighted by Gasteiger charge is -2.42. The van der Waals surface area contributed by atoms with E-state index in [0.29, 0.717) is 6.04 Å². The van der Waals surface area contributed by atoms with E-state index in [1.54, 1.807) is 5.56 Å². The van der Waals surface area contributed by atoms with Crippen molar-refractivity contribution in [3.63, 3.8) is 0 Å². The van der Waals surface area contributed by atoms with Crippen LogP contribution in [0.5, 0.6) is 0 Å². The zero-order valence-electron chi connectivity index (χ0n) is 13.7. The molecule has 2 heteroatoms.